The quantitative estimate of drug-likeness (QED) is 0.510. The predicted octanol–water partition coefficient (Wildman–Crippen LogP) is 0.686. The summed E-state index contributed by atoms with van der Waals surface area (Å²) < 4.78 is 9.42. The van der Waals surface area contributed by atoms with Crippen molar-refractivity contribution in [3.8, 4) is 0 Å². The van der Waals surface area contributed by atoms with Crippen molar-refractivity contribution in [2.24, 2.45) is 0 Å². The van der Waals surface area contributed by atoms with Crippen LogP contribution in [-0.2, 0) is 14.3 Å². The van der Waals surface area contributed by atoms with Gasteiger partial charge in [-0.25, -0.2) is 4.79 Å². The molecule has 0 aromatic rings. The average Bonchev–Trinajstić information content (AvgIpc) is 2.16. The smallest absolute Gasteiger partial charge is 0.406 e. The summed E-state index contributed by atoms with van der Waals surface area (Å²) in [5, 5.41) is 2.31. The second kappa shape index (κ2) is 7.39. The molecule has 0 aliphatic heterocycles. The van der Waals surface area contributed by atoms with Crippen molar-refractivity contribution >= 4 is 12.1 Å². The molecule has 0 aliphatic carbocycles. The fourth-order valence-corrected chi connectivity index (χ4v) is 0.584. The molecule has 0 aliphatic rings. The van der Waals surface area contributed by atoms with E-state index < -0.39 is 6.09 Å². The Morgan fingerprint density at radius 2 is 1.85 bits per heavy atom. The highest BCUT2D eigenvalue weighted by molar-refractivity contribution is 5.68. The molecule has 0 unspecified atom stereocenters. The highest BCUT2D eigenvalue weighted by Gasteiger charge is 1.99. The minimum atomic E-state index is -0.471. The van der Waals surface area contributed by atoms with E-state index in [2.05, 4.69) is 10.1 Å². The van der Waals surface area contributed by atoms with Crippen molar-refractivity contribution in [2.75, 3.05) is 20.3 Å². The Kier molecular flexibility index (Phi) is 6.68. The van der Waals surface area contributed by atoms with E-state index in [0.717, 1.165) is 0 Å². The summed E-state index contributed by atoms with van der Waals surface area (Å²) in [7, 11) is 1.49. The highest BCUT2D eigenvalue weighted by Crippen LogP contribution is 1.89. The fraction of sp³-hybridized carbons (Fsp3) is 0.750. The van der Waals surface area contributed by atoms with Crippen LogP contribution in [0.25, 0.3) is 0 Å². The minimum Gasteiger partial charge on any atom is -0.466 e. The van der Waals surface area contributed by atoms with Crippen LogP contribution >= 0.6 is 0 Å². The number of carbonyl (C=O) groups is 2. The highest BCUT2D eigenvalue weighted by atomic mass is 16.6. The van der Waals surface area contributed by atoms with Gasteiger partial charge in [-0.2, -0.15) is 0 Å². The Morgan fingerprint density at radius 3 is 2.38 bits per heavy atom. The van der Waals surface area contributed by atoms with E-state index in [9.17, 15) is 9.59 Å². The standard InChI is InChI=1S/C8H15NO4/c1-3-7(10)12-5-4-6-13-8(11)9-2/h3-6H2,1-2H3,(H,9,11). The first-order chi connectivity index (χ1) is 6.20. The maximum atomic E-state index is 10.6. The van der Waals surface area contributed by atoms with E-state index in [1.165, 1.54) is 7.05 Å². The zero-order chi connectivity index (χ0) is 10.1. The molecule has 1 amide bonds. The lowest BCUT2D eigenvalue weighted by Gasteiger charge is -2.04. The van der Waals surface area contributed by atoms with Crippen LogP contribution in [0, 0.1) is 0 Å². The summed E-state index contributed by atoms with van der Waals surface area (Å²) >= 11 is 0. The molecular formula is C8H15NO4. The van der Waals surface area contributed by atoms with Gasteiger partial charge in [0, 0.05) is 19.9 Å². The summed E-state index contributed by atoms with van der Waals surface area (Å²) in [5.74, 6) is -0.236. The first-order valence-electron chi connectivity index (χ1n) is 4.20. The lowest BCUT2D eigenvalue weighted by atomic mass is 10.5. The summed E-state index contributed by atoms with van der Waals surface area (Å²) in [4.78, 5) is 21.1. The van der Waals surface area contributed by atoms with Gasteiger partial charge in [0.05, 0.1) is 13.2 Å². The molecular weight excluding hydrogens is 174 g/mol. The summed E-state index contributed by atoms with van der Waals surface area (Å²) in [5.41, 5.74) is 0. The van der Waals surface area contributed by atoms with Crippen molar-refractivity contribution in [3.63, 3.8) is 0 Å². The molecule has 0 aromatic carbocycles. The molecule has 0 rings (SSSR count). The van der Waals surface area contributed by atoms with E-state index in [1.54, 1.807) is 6.92 Å². The van der Waals surface area contributed by atoms with Crippen molar-refractivity contribution in [1.29, 1.82) is 0 Å². The molecule has 1 N–H and O–H groups in total. The average molecular weight is 189 g/mol. The second-order valence-electron chi connectivity index (χ2n) is 2.31. The Hall–Kier alpha value is -1.26. The summed E-state index contributed by atoms with van der Waals surface area (Å²) in [6.45, 7) is 2.28. The first-order valence-corrected chi connectivity index (χ1v) is 4.20. The van der Waals surface area contributed by atoms with Gasteiger partial charge in [-0.3, -0.25) is 4.79 Å². The molecule has 0 saturated carbocycles. The number of ether oxygens (including phenoxy) is 2. The van der Waals surface area contributed by atoms with Crippen LogP contribution in [0.15, 0.2) is 0 Å². The third-order valence-electron chi connectivity index (χ3n) is 1.28. The van der Waals surface area contributed by atoms with E-state index in [-0.39, 0.29) is 12.6 Å². The zero-order valence-corrected chi connectivity index (χ0v) is 7.96. The van der Waals surface area contributed by atoms with Gasteiger partial charge in [0.25, 0.3) is 0 Å². The van der Waals surface area contributed by atoms with Crippen LogP contribution in [-0.4, -0.2) is 32.3 Å². The van der Waals surface area contributed by atoms with E-state index in [0.29, 0.717) is 19.4 Å². The Bertz CT molecular complexity index is 152. The van der Waals surface area contributed by atoms with Crippen molar-refractivity contribution in [3.05, 3.63) is 0 Å². The van der Waals surface area contributed by atoms with E-state index >= 15 is 0 Å². The lowest BCUT2D eigenvalue weighted by molar-refractivity contribution is -0.143. The molecule has 0 saturated heterocycles. The molecule has 0 heterocycles. The molecule has 0 fully saturated rings. The summed E-state index contributed by atoms with van der Waals surface area (Å²) in [6.07, 6.45) is 0.428. The predicted molar refractivity (Wildman–Crippen MR) is 46.3 cm³/mol. The fourth-order valence-electron chi connectivity index (χ4n) is 0.584. The third-order valence-corrected chi connectivity index (χ3v) is 1.28. The second-order valence-corrected chi connectivity index (χ2v) is 2.31. The molecule has 0 aromatic heterocycles. The number of rotatable bonds is 5. The monoisotopic (exact) mass is 189 g/mol. The number of hydrogen-bond donors (Lipinski definition) is 1. The topological polar surface area (TPSA) is 64.6 Å². The molecule has 0 radical (unpaired) electrons. The summed E-state index contributed by atoms with van der Waals surface area (Å²) in [6, 6.07) is 0. The van der Waals surface area contributed by atoms with E-state index in [1.807, 2.05) is 0 Å². The van der Waals surface area contributed by atoms with Crippen molar-refractivity contribution in [1.82, 2.24) is 5.32 Å². The van der Waals surface area contributed by atoms with Crippen LogP contribution in [0.1, 0.15) is 19.8 Å². The number of amides is 1. The zero-order valence-electron chi connectivity index (χ0n) is 7.96. The maximum absolute atomic E-state index is 10.6. The molecule has 0 atom stereocenters. The Labute approximate surface area is 77.4 Å². The molecule has 5 heteroatoms. The molecule has 0 spiro atoms. The van der Waals surface area contributed by atoms with Crippen LogP contribution in [0.5, 0.6) is 0 Å². The van der Waals surface area contributed by atoms with Gasteiger partial charge in [0.15, 0.2) is 0 Å². The number of carbonyl (C=O) groups excluding carboxylic acids is 2. The maximum Gasteiger partial charge on any atom is 0.406 e. The first kappa shape index (κ1) is 11.7. The van der Waals surface area contributed by atoms with E-state index in [4.69, 9.17) is 4.74 Å². The number of nitrogens with one attached hydrogen (secondary N) is 1. The van der Waals surface area contributed by atoms with Gasteiger partial charge in [0.1, 0.15) is 0 Å². The van der Waals surface area contributed by atoms with Crippen LogP contribution < -0.4 is 5.32 Å². The Morgan fingerprint density at radius 1 is 1.23 bits per heavy atom. The van der Waals surface area contributed by atoms with Gasteiger partial charge in [-0.05, 0) is 0 Å². The Balaban J connectivity index is 3.17. The molecule has 5 nitrogen and oxygen atoms in total. The molecule has 0 bridgehead atoms. The largest absolute Gasteiger partial charge is 0.466 e. The third kappa shape index (κ3) is 7.11. The van der Waals surface area contributed by atoms with Gasteiger partial charge in [0.2, 0.25) is 0 Å². The SMILES string of the molecule is CCC(=O)OCCCOC(=O)NC. The minimum absolute atomic E-state index is 0.236. The van der Waals surface area contributed by atoms with Gasteiger partial charge in [-0.1, -0.05) is 6.92 Å². The number of esters is 1. The number of hydrogen-bond acceptors (Lipinski definition) is 4. The molecule has 13 heavy (non-hydrogen) atoms. The van der Waals surface area contributed by atoms with Crippen LogP contribution in [0.3, 0.4) is 0 Å². The normalized spacial score (nSPS) is 9.08. The van der Waals surface area contributed by atoms with Gasteiger partial charge < -0.3 is 14.8 Å². The lowest BCUT2D eigenvalue weighted by Crippen LogP contribution is -2.20. The van der Waals surface area contributed by atoms with Crippen molar-refractivity contribution in [2.45, 2.75) is 19.8 Å². The molecule has 76 valence electrons. The number of alkyl carbamates (subject to hydrolysis) is 1. The van der Waals surface area contributed by atoms with Crippen LogP contribution in [0.2, 0.25) is 0 Å². The van der Waals surface area contributed by atoms with Gasteiger partial charge >= 0.3 is 12.1 Å². The van der Waals surface area contributed by atoms with Gasteiger partial charge in [-0.15, -0.1) is 0 Å². The van der Waals surface area contributed by atoms with Crippen LogP contribution in [0.4, 0.5) is 4.79 Å². The van der Waals surface area contributed by atoms with Crippen molar-refractivity contribution < 1.29 is 19.1 Å².